The van der Waals surface area contributed by atoms with Gasteiger partial charge in [0.2, 0.25) is 0 Å². The monoisotopic (exact) mass is 378 g/mol. The summed E-state index contributed by atoms with van der Waals surface area (Å²) in [6.45, 7) is 7.51. The minimum absolute atomic E-state index is 0.0631. The lowest BCUT2D eigenvalue weighted by Crippen LogP contribution is -2.39. The van der Waals surface area contributed by atoms with E-state index in [2.05, 4.69) is 0 Å². The number of carbonyl (C=O) groups excluding carboxylic acids is 1. The van der Waals surface area contributed by atoms with Crippen molar-refractivity contribution in [3.63, 3.8) is 0 Å². The molecular weight excluding hydrogens is 352 g/mol. The third-order valence-electron chi connectivity index (χ3n) is 4.70. The fraction of sp³-hybridized carbons (Fsp3) is 0.579. The lowest BCUT2D eigenvalue weighted by molar-refractivity contribution is -0.384. The first-order chi connectivity index (χ1) is 12.5. The number of nitro groups is 1. The van der Waals surface area contributed by atoms with E-state index in [0.29, 0.717) is 18.5 Å². The summed E-state index contributed by atoms with van der Waals surface area (Å²) in [4.78, 5) is 36.2. The van der Waals surface area contributed by atoms with Crippen molar-refractivity contribution in [2.45, 2.75) is 52.2 Å². The van der Waals surface area contributed by atoms with E-state index in [9.17, 15) is 24.8 Å². The predicted molar refractivity (Wildman–Crippen MR) is 98.4 cm³/mol. The SMILES string of the molecule is C[C@@H]1C[C@H]([C@H](Cc2cccc([N+](=O)[O-])c2)C(=O)O)CN1C(=O)OC(C)(C)C. The molecule has 1 amide bonds. The molecule has 0 saturated carbocycles. The molecule has 0 aliphatic carbocycles. The Morgan fingerprint density at radius 3 is 2.63 bits per heavy atom. The Hall–Kier alpha value is -2.64. The standard InChI is InChI=1S/C19H26N2O6/c1-12-8-14(11-20(12)18(24)27-19(2,3)4)16(17(22)23)10-13-6-5-7-15(9-13)21(25)26/h5-7,9,12,14,16H,8,10-11H2,1-4H3,(H,22,23)/t12-,14+,16+/m1/s1. The Labute approximate surface area is 158 Å². The summed E-state index contributed by atoms with van der Waals surface area (Å²) in [6, 6.07) is 5.89. The van der Waals surface area contributed by atoms with Crippen LogP contribution in [0, 0.1) is 22.0 Å². The molecule has 148 valence electrons. The number of hydrogen-bond acceptors (Lipinski definition) is 5. The van der Waals surface area contributed by atoms with Gasteiger partial charge >= 0.3 is 12.1 Å². The fourth-order valence-corrected chi connectivity index (χ4v) is 3.45. The summed E-state index contributed by atoms with van der Waals surface area (Å²) >= 11 is 0. The summed E-state index contributed by atoms with van der Waals surface area (Å²) in [5.74, 6) is -1.95. The second-order valence-corrected chi connectivity index (χ2v) is 8.05. The van der Waals surface area contributed by atoms with Gasteiger partial charge in [-0.2, -0.15) is 0 Å². The lowest BCUT2D eigenvalue weighted by atomic mass is 9.85. The number of amides is 1. The number of hydrogen-bond donors (Lipinski definition) is 1. The molecule has 8 heteroatoms. The third kappa shape index (κ3) is 5.42. The number of ether oxygens (including phenoxy) is 1. The van der Waals surface area contributed by atoms with E-state index in [1.807, 2.05) is 6.92 Å². The zero-order valence-corrected chi connectivity index (χ0v) is 16.0. The third-order valence-corrected chi connectivity index (χ3v) is 4.70. The highest BCUT2D eigenvalue weighted by atomic mass is 16.6. The van der Waals surface area contributed by atoms with Crippen molar-refractivity contribution >= 4 is 17.7 Å². The van der Waals surface area contributed by atoms with Gasteiger partial charge in [0.25, 0.3) is 5.69 Å². The van der Waals surface area contributed by atoms with E-state index in [-0.39, 0.29) is 24.1 Å². The van der Waals surface area contributed by atoms with Gasteiger partial charge in [0, 0.05) is 24.7 Å². The molecule has 1 aromatic carbocycles. The molecule has 27 heavy (non-hydrogen) atoms. The minimum atomic E-state index is -0.968. The summed E-state index contributed by atoms with van der Waals surface area (Å²) in [5, 5.41) is 20.6. The smallest absolute Gasteiger partial charge is 0.410 e. The van der Waals surface area contributed by atoms with Crippen molar-refractivity contribution in [3.05, 3.63) is 39.9 Å². The number of aliphatic carboxylic acids is 1. The molecule has 3 atom stereocenters. The van der Waals surface area contributed by atoms with E-state index in [0.717, 1.165) is 0 Å². The maximum atomic E-state index is 12.4. The number of benzene rings is 1. The van der Waals surface area contributed by atoms with Crippen LogP contribution in [0.3, 0.4) is 0 Å². The van der Waals surface area contributed by atoms with Gasteiger partial charge in [-0.25, -0.2) is 4.79 Å². The largest absolute Gasteiger partial charge is 0.481 e. The average molecular weight is 378 g/mol. The Balaban J connectivity index is 2.13. The van der Waals surface area contributed by atoms with E-state index < -0.39 is 28.5 Å². The average Bonchev–Trinajstić information content (AvgIpc) is 2.92. The summed E-state index contributed by atoms with van der Waals surface area (Å²) in [6.07, 6.45) is 0.277. The maximum Gasteiger partial charge on any atom is 0.410 e. The van der Waals surface area contributed by atoms with Gasteiger partial charge in [-0.3, -0.25) is 14.9 Å². The van der Waals surface area contributed by atoms with Crippen LogP contribution < -0.4 is 0 Å². The predicted octanol–water partition coefficient (Wildman–Crippen LogP) is 3.48. The molecule has 0 aromatic heterocycles. The van der Waals surface area contributed by atoms with Gasteiger partial charge in [0.05, 0.1) is 10.8 Å². The Morgan fingerprint density at radius 2 is 2.07 bits per heavy atom. The Bertz CT molecular complexity index is 727. The molecule has 1 aliphatic heterocycles. The number of likely N-dealkylation sites (tertiary alicyclic amines) is 1. The van der Waals surface area contributed by atoms with Crippen LogP contribution in [0.4, 0.5) is 10.5 Å². The maximum absolute atomic E-state index is 12.4. The molecular formula is C19H26N2O6. The minimum Gasteiger partial charge on any atom is -0.481 e. The van der Waals surface area contributed by atoms with Crippen molar-refractivity contribution in [3.8, 4) is 0 Å². The summed E-state index contributed by atoms with van der Waals surface area (Å²) in [5.41, 5.74) is -0.0869. The van der Waals surface area contributed by atoms with Crippen molar-refractivity contribution in [2.24, 2.45) is 11.8 Å². The molecule has 1 heterocycles. The fourth-order valence-electron chi connectivity index (χ4n) is 3.45. The van der Waals surface area contributed by atoms with Gasteiger partial charge in [-0.1, -0.05) is 12.1 Å². The molecule has 1 fully saturated rings. The number of carbonyl (C=O) groups is 2. The summed E-state index contributed by atoms with van der Waals surface area (Å²) in [7, 11) is 0. The van der Waals surface area contributed by atoms with Crippen LogP contribution in [0.15, 0.2) is 24.3 Å². The van der Waals surface area contributed by atoms with Crippen molar-refractivity contribution in [1.82, 2.24) is 4.90 Å². The number of carboxylic acid groups (broad SMARTS) is 1. The Kier molecular flexibility index (Phi) is 6.08. The molecule has 8 nitrogen and oxygen atoms in total. The van der Waals surface area contributed by atoms with Gasteiger partial charge in [0.15, 0.2) is 0 Å². The van der Waals surface area contributed by atoms with E-state index in [4.69, 9.17) is 4.74 Å². The number of rotatable bonds is 5. The Morgan fingerprint density at radius 1 is 1.41 bits per heavy atom. The number of non-ortho nitro benzene ring substituents is 1. The highest BCUT2D eigenvalue weighted by Gasteiger charge is 2.41. The number of nitro benzene ring substituents is 1. The molecule has 1 saturated heterocycles. The van der Waals surface area contributed by atoms with Gasteiger partial charge in [0.1, 0.15) is 5.60 Å². The molecule has 0 radical (unpaired) electrons. The second kappa shape index (κ2) is 7.94. The molecule has 1 N–H and O–H groups in total. The van der Waals surface area contributed by atoms with Crippen LogP contribution in [0.1, 0.15) is 39.7 Å². The molecule has 0 spiro atoms. The summed E-state index contributed by atoms with van der Waals surface area (Å²) < 4.78 is 5.41. The molecule has 0 bridgehead atoms. The lowest BCUT2D eigenvalue weighted by Gasteiger charge is -2.27. The zero-order chi connectivity index (χ0) is 20.4. The number of nitrogens with zero attached hydrogens (tertiary/aromatic N) is 2. The topological polar surface area (TPSA) is 110 Å². The van der Waals surface area contributed by atoms with Gasteiger partial charge in [-0.05, 0) is 52.0 Å². The van der Waals surface area contributed by atoms with Crippen molar-refractivity contribution < 1.29 is 24.4 Å². The van der Waals surface area contributed by atoms with Crippen LogP contribution in [0.5, 0.6) is 0 Å². The second-order valence-electron chi connectivity index (χ2n) is 8.05. The van der Waals surface area contributed by atoms with Gasteiger partial charge in [-0.15, -0.1) is 0 Å². The van der Waals surface area contributed by atoms with Crippen molar-refractivity contribution in [1.29, 1.82) is 0 Å². The van der Waals surface area contributed by atoms with E-state index >= 15 is 0 Å². The first-order valence-corrected chi connectivity index (χ1v) is 8.93. The molecule has 2 rings (SSSR count). The molecule has 1 aliphatic rings. The first kappa shape index (κ1) is 20.7. The van der Waals surface area contributed by atoms with Gasteiger partial charge < -0.3 is 14.7 Å². The van der Waals surface area contributed by atoms with Crippen LogP contribution in [-0.4, -0.2) is 45.2 Å². The van der Waals surface area contributed by atoms with Crippen LogP contribution in [0.2, 0.25) is 0 Å². The highest BCUT2D eigenvalue weighted by Crippen LogP contribution is 2.33. The van der Waals surface area contributed by atoms with E-state index in [1.165, 1.54) is 12.1 Å². The highest BCUT2D eigenvalue weighted by molar-refractivity contribution is 5.72. The number of carboxylic acids is 1. The first-order valence-electron chi connectivity index (χ1n) is 8.93. The molecule has 0 unspecified atom stereocenters. The zero-order valence-electron chi connectivity index (χ0n) is 16.0. The van der Waals surface area contributed by atoms with E-state index in [1.54, 1.807) is 37.8 Å². The quantitative estimate of drug-likeness (QED) is 0.620. The van der Waals surface area contributed by atoms with Crippen LogP contribution in [-0.2, 0) is 16.0 Å². The van der Waals surface area contributed by atoms with Crippen LogP contribution >= 0.6 is 0 Å². The van der Waals surface area contributed by atoms with Crippen LogP contribution in [0.25, 0.3) is 0 Å². The van der Waals surface area contributed by atoms with Crippen molar-refractivity contribution in [2.75, 3.05) is 6.54 Å². The molecule has 1 aromatic rings. The normalized spacial score (nSPS) is 21.0.